The number of ether oxygens (including phenoxy) is 2. The van der Waals surface area contributed by atoms with Crippen molar-refractivity contribution in [3.63, 3.8) is 0 Å². The molecule has 10 heteroatoms. The molecule has 0 spiro atoms. The highest BCUT2D eigenvalue weighted by atomic mass is 16.6. The van der Waals surface area contributed by atoms with Gasteiger partial charge in [-0.3, -0.25) is 24.5 Å². The van der Waals surface area contributed by atoms with Gasteiger partial charge in [0, 0.05) is 23.4 Å². The van der Waals surface area contributed by atoms with Gasteiger partial charge in [0.1, 0.15) is 23.2 Å². The smallest absolute Gasteiger partial charge is 0.271 e. The van der Waals surface area contributed by atoms with Crippen LogP contribution in [-0.2, 0) is 14.4 Å². The molecule has 0 N–H and O–H groups in total. The summed E-state index contributed by atoms with van der Waals surface area (Å²) in [6.45, 7) is 1.40. The van der Waals surface area contributed by atoms with Crippen LogP contribution >= 0.6 is 0 Å². The molecule has 34 heavy (non-hydrogen) atoms. The summed E-state index contributed by atoms with van der Waals surface area (Å²) in [5.74, 6) is -2.30. The normalized spacial score (nSPS) is 24.6. The third-order valence-electron chi connectivity index (χ3n) is 6.74. The van der Waals surface area contributed by atoms with E-state index in [1.807, 2.05) is 29.2 Å². The van der Waals surface area contributed by atoms with Crippen molar-refractivity contribution in [2.24, 2.45) is 11.8 Å². The molecule has 2 aromatic carbocycles. The minimum Gasteiger partial charge on any atom is -0.497 e. The molecule has 3 aliphatic rings. The number of nitrogens with zero attached hydrogens (tertiary/aromatic N) is 3. The number of imide groups is 1. The van der Waals surface area contributed by atoms with Gasteiger partial charge in [-0.2, -0.15) is 0 Å². The summed E-state index contributed by atoms with van der Waals surface area (Å²) in [6.07, 6.45) is 3.68. The highest BCUT2D eigenvalue weighted by Crippen LogP contribution is 2.50. The second-order valence-electron chi connectivity index (χ2n) is 8.41. The zero-order valence-corrected chi connectivity index (χ0v) is 18.6. The molecule has 0 radical (unpaired) electrons. The number of Topliss-reactive ketones (excluding diaryl/α,β-unsaturated/α-hetero) is 1. The first kappa shape index (κ1) is 21.6. The standard InChI is InChI=1S/C24H21N3O7/c1-12(28)22-21-20(17-7-4-13-10-15(33-2)6-8-16(13)25(17)22)23(29)26(24(21)30)18-11-14(27(31)32)5-9-19(18)34-3/h4-11,17,20-22H,1-3H3/t17-,20-,21-,22+/m1/s1. The van der Waals surface area contributed by atoms with E-state index in [0.717, 1.165) is 22.2 Å². The molecular weight excluding hydrogens is 442 g/mol. The number of rotatable bonds is 5. The number of carbonyl (C=O) groups is 3. The van der Waals surface area contributed by atoms with Gasteiger partial charge in [-0.15, -0.1) is 0 Å². The quantitative estimate of drug-likeness (QED) is 0.377. The van der Waals surface area contributed by atoms with Gasteiger partial charge < -0.3 is 14.4 Å². The second-order valence-corrected chi connectivity index (χ2v) is 8.41. The molecule has 174 valence electrons. The number of hydrogen-bond acceptors (Lipinski definition) is 8. The number of non-ortho nitro benzene ring substituents is 1. The largest absolute Gasteiger partial charge is 0.497 e. The zero-order chi connectivity index (χ0) is 24.3. The lowest BCUT2D eigenvalue weighted by molar-refractivity contribution is -0.384. The van der Waals surface area contributed by atoms with Gasteiger partial charge in [-0.05, 0) is 31.2 Å². The topological polar surface area (TPSA) is 119 Å². The molecule has 0 aliphatic carbocycles. The van der Waals surface area contributed by atoms with E-state index in [2.05, 4.69) is 0 Å². The molecule has 5 rings (SSSR count). The number of nitro groups is 1. The van der Waals surface area contributed by atoms with Crippen LogP contribution in [-0.4, -0.2) is 48.8 Å². The Balaban J connectivity index is 1.62. The number of methoxy groups -OCH3 is 2. The Bertz CT molecular complexity index is 1290. The Kier molecular flexibility index (Phi) is 4.89. The van der Waals surface area contributed by atoms with Crippen molar-refractivity contribution in [1.82, 2.24) is 0 Å². The molecule has 3 heterocycles. The molecule has 3 aliphatic heterocycles. The van der Waals surface area contributed by atoms with Gasteiger partial charge in [-0.25, -0.2) is 4.90 Å². The van der Waals surface area contributed by atoms with Crippen LogP contribution in [0.15, 0.2) is 42.5 Å². The summed E-state index contributed by atoms with van der Waals surface area (Å²) in [5, 5.41) is 11.3. The van der Waals surface area contributed by atoms with Crippen molar-refractivity contribution in [1.29, 1.82) is 0 Å². The van der Waals surface area contributed by atoms with Crippen LogP contribution < -0.4 is 19.3 Å². The maximum Gasteiger partial charge on any atom is 0.271 e. The van der Waals surface area contributed by atoms with Crippen molar-refractivity contribution in [2.75, 3.05) is 24.0 Å². The van der Waals surface area contributed by atoms with E-state index in [4.69, 9.17) is 9.47 Å². The minimum absolute atomic E-state index is 0.000113. The summed E-state index contributed by atoms with van der Waals surface area (Å²) >= 11 is 0. The maximum absolute atomic E-state index is 13.7. The third-order valence-corrected chi connectivity index (χ3v) is 6.74. The van der Waals surface area contributed by atoms with Gasteiger partial charge >= 0.3 is 0 Å². The monoisotopic (exact) mass is 463 g/mol. The molecule has 10 nitrogen and oxygen atoms in total. The first-order valence-electron chi connectivity index (χ1n) is 10.6. The summed E-state index contributed by atoms with van der Waals surface area (Å²) in [4.78, 5) is 53.7. The van der Waals surface area contributed by atoms with Crippen LogP contribution in [0.25, 0.3) is 6.08 Å². The van der Waals surface area contributed by atoms with E-state index in [1.165, 1.54) is 26.2 Å². The van der Waals surface area contributed by atoms with Crippen LogP contribution in [0, 0.1) is 22.0 Å². The molecule has 0 bridgehead atoms. The van der Waals surface area contributed by atoms with Gasteiger partial charge in [0.2, 0.25) is 11.8 Å². The molecule has 2 saturated heterocycles. The Hall–Kier alpha value is -4.21. The fraction of sp³-hybridized carbons (Fsp3) is 0.292. The summed E-state index contributed by atoms with van der Waals surface area (Å²) in [6, 6.07) is 7.77. The number of benzene rings is 2. The van der Waals surface area contributed by atoms with Crippen LogP contribution in [0.4, 0.5) is 17.1 Å². The second kappa shape index (κ2) is 7.68. The predicted molar refractivity (Wildman–Crippen MR) is 122 cm³/mol. The van der Waals surface area contributed by atoms with Crippen LogP contribution in [0.3, 0.4) is 0 Å². The van der Waals surface area contributed by atoms with Crippen molar-refractivity contribution >= 4 is 40.7 Å². The van der Waals surface area contributed by atoms with Crippen LogP contribution in [0.5, 0.6) is 11.5 Å². The van der Waals surface area contributed by atoms with Crippen LogP contribution in [0.2, 0.25) is 0 Å². The van der Waals surface area contributed by atoms with E-state index >= 15 is 0 Å². The number of nitro benzene ring substituents is 1. The Morgan fingerprint density at radius 1 is 1.00 bits per heavy atom. The first-order valence-corrected chi connectivity index (χ1v) is 10.6. The highest BCUT2D eigenvalue weighted by Gasteiger charge is 2.64. The highest BCUT2D eigenvalue weighted by molar-refractivity contribution is 6.25. The van der Waals surface area contributed by atoms with Gasteiger partial charge in [-0.1, -0.05) is 12.2 Å². The number of fused-ring (bicyclic) bond motifs is 5. The Morgan fingerprint density at radius 2 is 1.74 bits per heavy atom. The molecular formula is C24H21N3O7. The Labute approximate surface area is 194 Å². The number of anilines is 2. The van der Waals surface area contributed by atoms with Crippen molar-refractivity contribution in [2.45, 2.75) is 19.0 Å². The average Bonchev–Trinajstić information content (AvgIpc) is 3.31. The lowest BCUT2D eigenvalue weighted by Gasteiger charge is -2.36. The number of hydrogen-bond donors (Lipinski definition) is 0. The first-order chi connectivity index (χ1) is 16.3. The molecule has 2 amide bonds. The number of amides is 2. The molecule has 0 aromatic heterocycles. The number of ketones is 1. The predicted octanol–water partition coefficient (Wildman–Crippen LogP) is 2.59. The van der Waals surface area contributed by atoms with Gasteiger partial charge in [0.25, 0.3) is 5.69 Å². The molecule has 4 atom stereocenters. The van der Waals surface area contributed by atoms with E-state index in [9.17, 15) is 24.5 Å². The van der Waals surface area contributed by atoms with Crippen molar-refractivity contribution in [3.05, 3.63) is 58.2 Å². The third kappa shape index (κ3) is 2.91. The molecule has 0 saturated carbocycles. The zero-order valence-electron chi connectivity index (χ0n) is 18.6. The van der Waals surface area contributed by atoms with Crippen molar-refractivity contribution < 1.29 is 28.8 Å². The summed E-state index contributed by atoms with van der Waals surface area (Å²) in [5.41, 5.74) is 1.28. The van der Waals surface area contributed by atoms with Crippen molar-refractivity contribution in [3.8, 4) is 11.5 Å². The summed E-state index contributed by atoms with van der Waals surface area (Å²) < 4.78 is 10.6. The SMILES string of the molecule is COc1ccc2c(c1)C=C[C@@H]1[C@H]3C(=O)N(c4cc([N+](=O)[O-])ccc4OC)C(=O)[C@H]3[C@H](C(C)=O)N21. The maximum atomic E-state index is 13.7. The van der Waals surface area contributed by atoms with E-state index in [0.29, 0.717) is 5.75 Å². The lowest BCUT2D eigenvalue weighted by Crippen LogP contribution is -2.48. The van der Waals surface area contributed by atoms with Crippen LogP contribution in [0.1, 0.15) is 12.5 Å². The fourth-order valence-electron chi connectivity index (χ4n) is 5.34. The van der Waals surface area contributed by atoms with E-state index in [1.54, 1.807) is 13.2 Å². The lowest BCUT2D eigenvalue weighted by atomic mass is 9.88. The average molecular weight is 463 g/mol. The molecule has 0 unspecified atom stereocenters. The van der Waals surface area contributed by atoms with Gasteiger partial charge in [0.15, 0.2) is 5.78 Å². The molecule has 2 fully saturated rings. The van der Waals surface area contributed by atoms with Gasteiger partial charge in [0.05, 0.1) is 37.0 Å². The number of carbonyl (C=O) groups excluding carboxylic acids is 3. The van der Waals surface area contributed by atoms with E-state index < -0.39 is 40.7 Å². The van der Waals surface area contributed by atoms with E-state index in [-0.39, 0.29) is 22.9 Å². The summed E-state index contributed by atoms with van der Waals surface area (Å²) in [7, 11) is 2.91. The fourth-order valence-corrected chi connectivity index (χ4v) is 5.34. The molecule has 2 aromatic rings. The minimum atomic E-state index is -0.934. The Morgan fingerprint density at radius 3 is 2.38 bits per heavy atom.